The zero-order chi connectivity index (χ0) is 19.3. The molecule has 25 heavy (non-hydrogen) atoms. The van der Waals surface area contributed by atoms with Gasteiger partial charge in [0.25, 0.3) is 0 Å². The van der Waals surface area contributed by atoms with Gasteiger partial charge in [0.15, 0.2) is 0 Å². The van der Waals surface area contributed by atoms with Crippen LogP contribution in [0.4, 0.5) is 0 Å². The molecule has 0 radical (unpaired) electrons. The second-order valence-electron chi connectivity index (χ2n) is 8.33. The molecule has 0 unspecified atom stereocenters. The van der Waals surface area contributed by atoms with Crippen LogP contribution < -0.4 is 0 Å². The molecule has 0 aliphatic rings. The van der Waals surface area contributed by atoms with Gasteiger partial charge in [0.1, 0.15) is 0 Å². The Labute approximate surface area is 161 Å². The van der Waals surface area contributed by atoms with Crippen molar-refractivity contribution in [1.29, 1.82) is 0 Å². The molecule has 0 heterocycles. The summed E-state index contributed by atoms with van der Waals surface area (Å²) in [5.74, 6) is -0.0930. The van der Waals surface area contributed by atoms with Crippen LogP contribution in [0.2, 0.25) is 13.3 Å². The van der Waals surface area contributed by atoms with Crippen molar-refractivity contribution in [3.8, 4) is 0 Å². The first-order valence-electron chi connectivity index (χ1n) is 10.3. The third-order valence-electron chi connectivity index (χ3n) is 4.95. The van der Waals surface area contributed by atoms with Crippen LogP contribution in [0.1, 0.15) is 87.0 Å². The summed E-state index contributed by atoms with van der Waals surface area (Å²) in [6.07, 6.45) is 9.73. The molecule has 0 saturated heterocycles. The second kappa shape index (κ2) is 13.0. The molecule has 0 aromatic carbocycles. The van der Waals surface area contributed by atoms with Gasteiger partial charge in [0.05, 0.1) is 0 Å². The van der Waals surface area contributed by atoms with Gasteiger partial charge in [-0.3, -0.25) is 0 Å². The summed E-state index contributed by atoms with van der Waals surface area (Å²) in [7, 11) is 0. The molecule has 0 saturated carbocycles. The molecule has 0 amide bonds. The fourth-order valence-electron chi connectivity index (χ4n) is 3.25. The molecule has 0 aromatic heterocycles. The number of carbonyl (C=O) groups excluding carboxylic acids is 1. The fourth-order valence-corrected chi connectivity index (χ4v) is 19.2. The first-order chi connectivity index (χ1) is 11.8. The maximum absolute atomic E-state index is 12.3. The molecule has 2 nitrogen and oxygen atoms in total. The Balaban J connectivity index is 5.58. The van der Waals surface area contributed by atoms with Crippen molar-refractivity contribution in [1.82, 2.24) is 0 Å². The van der Waals surface area contributed by atoms with E-state index in [1.54, 1.807) is 0 Å². The van der Waals surface area contributed by atoms with Crippen molar-refractivity contribution in [3.63, 3.8) is 0 Å². The number of hydrogen-bond acceptors (Lipinski definition) is 2. The van der Waals surface area contributed by atoms with Crippen LogP contribution in [0.3, 0.4) is 0 Å². The summed E-state index contributed by atoms with van der Waals surface area (Å²) >= 11 is -2.54. The Bertz CT molecular complexity index is 418. The predicted molar refractivity (Wildman–Crippen MR) is 113 cm³/mol. The van der Waals surface area contributed by atoms with Gasteiger partial charge in [-0.2, -0.15) is 0 Å². The molecule has 3 heteroatoms. The van der Waals surface area contributed by atoms with Crippen molar-refractivity contribution < 1.29 is 9.53 Å². The van der Waals surface area contributed by atoms with Crippen molar-refractivity contribution in [2.45, 2.75) is 100 Å². The summed E-state index contributed by atoms with van der Waals surface area (Å²) < 4.78 is 11.3. The third-order valence-corrected chi connectivity index (χ3v) is 20.6. The summed E-state index contributed by atoms with van der Waals surface area (Å²) in [4.78, 5) is 12.3. The van der Waals surface area contributed by atoms with E-state index in [1.165, 1.54) is 55.4 Å². The van der Waals surface area contributed by atoms with E-state index >= 15 is 0 Å². The Hall–Kier alpha value is -0.211. The van der Waals surface area contributed by atoms with Crippen LogP contribution in [0.5, 0.6) is 0 Å². The molecule has 0 bridgehead atoms. The van der Waals surface area contributed by atoms with Gasteiger partial charge in [-0.25, -0.2) is 0 Å². The zero-order valence-electron chi connectivity index (χ0n) is 18.0. The predicted octanol–water partition coefficient (Wildman–Crippen LogP) is 7.07. The number of hydrogen-bond donors (Lipinski definition) is 0. The first-order valence-corrected chi connectivity index (χ1v) is 17.8. The minimum atomic E-state index is -2.54. The van der Waals surface area contributed by atoms with Crippen LogP contribution in [0, 0.1) is 5.41 Å². The second-order valence-corrected chi connectivity index (χ2v) is 21.6. The van der Waals surface area contributed by atoms with E-state index in [0.29, 0.717) is 6.61 Å². The molecule has 0 rings (SSSR count). The quantitative estimate of drug-likeness (QED) is 0.178. The Morgan fingerprint density at radius 1 is 0.960 bits per heavy atom. The van der Waals surface area contributed by atoms with E-state index < -0.39 is 23.8 Å². The molecule has 0 spiro atoms. The van der Waals surface area contributed by atoms with Gasteiger partial charge in [-0.15, -0.1) is 0 Å². The molecular weight excluding hydrogens is 415 g/mol. The zero-order valence-corrected chi connectivity index (χ0v) is 20.8. The minimum absolute atomic E-state index is 0.0930. The number of carbonyl (C=O) groups is 1. The summed E-state index contributed by atoms with van der Waals surface area (Å²) in [5, 5.41) is 0. The Morgan fingerprint density at radius 3 is 1.72 bits per heavy atom. The monoisotopic (exact) mass is 458 g/mol. The topological polar surface area (TPSA) is 26.3 Å². The summed E-state index contributed by atoms with van der Waals surface area (Å²) in [6.45, 7) is 15.2. The van der Waals surface area contributed by atoms with Crippen LogP contribution in [0.15, 0.2) is 15.4 Å². The number of rotatable bonds is 12. The van der Waals surface area contributed by atoms with E-state index in [4.69, 9.17) is 4.74 Å². The Morgan fingerprint density at radius 2 is 1.40 bits per heavy atom. The van der Waals surface area contributed by atoms with Crippen LogP contribution in [-0.2, 0) is 9.53 Å². The summed E-state index contributed by atoms with van der Waals surface area (Å²) in [5.41, 5.74) is 3.13. The molecule has 146 valence electrons. The number of unbranched alkanes of at least 4 members (excludes halogenated alkanes) is 3. The SMILES string of the molecule is CC=C=[C](COC(=O)C(C)(C)C)[Sn]([CH2]CCC)([CH2]CCC)[CH2]CCC. The molecule has 0 aliphatic carbocycles. The average molecular weight is 457 g/mol. The molecule has 0 aliphatic heterocycles. The van der Waals surface area contributed by atoms with Crippen molar-refractivity contribution in [2.24, 2.45) is 5.41 Å². The van der Waals surface area contributed by atoms with E-state index in [9.17, 15) is 4.79 Å². The molecular formula is C22H42O2Sn. The molecule has 0 fully saturated rings. The van der Waals surface area contributed by atoms with Gasteiger partial charge in [-0.1, -0.05) is 0 Å². The standard InChI is InChI=1S/C10H15O2.3C4H9.Sn/c1-5-6-7-8-12-9(11)10(2,3)4;3*1-3-4-2;/h5H,8H2,1-4H3;3*1,3-4H2,2H3;. The van der Waals surface area contributed by atoms with Gasteiger partial charge in [0.2, 0.25) is 0 Å². The molecule has 0 aromatic rings. The average Bonchev–Trinajstić information content (AvgIpc) is 2.57. The number of esters is 1. The van der Waals surface area contributed by atoms with Gasteiger partial charge >= 0.3 is 162 Å². The normalized spacial score (nSPS) is 11.8. The maximum atomic E-state index is 12.3. The number of ether oxygens (including phenoxy) is 1. The van der Waals surface area contributed by atoms with Gasteiger partial charge in [0, 0.05) is 0 Å². The van der Waals surface area contributed by atoms with E-state index in [2.05, 4.69) is 26.5 Å². The van der Waals surface area contributed by atoms with E-state index in [0.717, 1.165) is 0 Å². The van der Waals surface area contributed by atoms with Crippen LogP contribution in [-0.4, -0.2) is 31.0 Å². The van der Waals surface area contributed by atoms with Gasteiger partial charge < -0.3 is 0 Å². The summed E-state index contributed by atoms with van der Waals surface area (Å²) in [6, 6.07) is 0. The molecule has 0 atom stereocenters. The van der Waals surface area contributed by atoms with Crippen LogP contribution in [0.25, 0.3) is 0 Å². The van der Waals surface area contributed by atoms with Crippen molar-refractivity contribution in [3.05, 3.63) is 15.4 Å². The third kappa shape index (κ3) is 9.33. The first kappa shape index (κ1) is 24.8. The van der Waals surface area contributed by atoms with Gasteiger partial charge in [-0.05, 0) is 0 Å². The van der Waals surface area contributed by atoms with Crippen molar-refractivity contribution in [2.75, 3.05) is 6.61 Å². The van der Waals surface area contributed by atoms with E-state index in [-0.39, 0.29) is 5.97 Å². The van der Waals surface area contributed by atoms with E-state index in [1.807, 2.05) is 33.8 Å². The fraction of sp³-hybridized carbons (Fsp3) is 0.818. The van der Waals surface area contributed by atoms with Crippen LogP contribution >= 0.6 is 0 Å². The Kier molecular flexibility index (Phi) is 12.9. The van der Waals surface area contributed by atoms with Crippen molar-refractivity contribution >= 4 is 24.3 Å². The molecule has 0 N–H and O–H groups in total.